The van der Waals surface area contributed by atoms with E-state index in [1.807, 2.05) is 68.4 Å². The molecular formula is C20H23BrClN3OS. The molecule has 3 rings (SSSR count). The van der Waals surface area contributed by atoms with E-state index < -0.39 is 0 Å². The molecule has 0 unspecified atom stereocenters. The van der Waals surface area contributed by atoms with E-state index in [-0.39, 0.29) is 18.3 Å². The van der Waals surface area contributed by atoms with E-state index in [9.17, 15) is 4.79 Å². The smallest absolute Gasteiger partial charge is 0.260 e. The van der Waals surface area contributed by atoms with Crippen LogP contribution in [0.1, 0.15) is 22.3 Å². The van der Waals surface area contributed by atoms with Crippen molar-refractivity contribution in [3.05, 3.63) is 58.1 Å². The largest absolute Gasteiger partial charge is 0.309 e. The molecule has 0 aliphatic rings. The monoisotopic (exact) mass is 467 g/mol. The zero-order valence-corrected chi connectivity index (χ0v) is 18.8. The second-order valence-electron chi connectivity index (χ2n) is 6.54. The normalized spacial score (nSPS) is 10.9. The molecular weight excluding hydrogens is 446 g/mol. The minimum atomic E-state index is 0. The molecule has 0 saturated carbocycles. The third-order valence-corrected chi connectivity index (χ3v) is 5.71. The zero-order valence-electron chi connectivity index (χ0n) is 15.6. The van der Waals surface area contributed by atoms with Gasteiger partial charge in [0.05, 0.1) is 10.2 Å². The van der Waals surface area contributed by atoms with Crippen LogP contribution in [0.5, 0.6) is 0 Å². The molecule has 144 valence electrons. The fourth-order valence-electron chi connectivity index (χ4n) is 2.79. The van der Waals surface area contributed by atoms with E-state index in [1.54, 1.807) is 11.3 Å². The van der Waals surface area contributed by atoms with Gasteiger partial charge in [-0.2, -0.15) is 0 Å². The molecule has 1 amide bonds. The summed E-state index contributed by atoms with van der Waals surface area (Å²) in [6, 6.07) is 13.7. The number of hydrogen-bond donors (Lipinski definition) is 0. The van der Waals surface area contributed by atoms with Crippen LogP contribution in [-0.2, 0) is 0 Å². The average Bonchev–Trinajstić information content (AvgIpc) is 3.01. The molecule has 0 aliphatic carbocycles. The van der Waals surface area contributed by atoms with Crippen molar-refractivity contribution in [2.24, 2.45) is 0 Å². The lowest BCUT2D eigenvalue weighted by Gasteiger charge is -2.21. The number of benzene rings is 2. The summed E-state index contributed by atoms with van der Waals surface area (Å²) in [4.78, 5) is 21.9. The second-order valence-corrected chi connectivity index (χ2v) is 8.46. The van der Waals surface area contributed by atoms with E-state index >= 15 is 0 Å². The molecule has 1 aromatic heterocycles. The molecule has 0 fully saturated rings. The highest BCUT2D eigenvalue weighted by Crippen LogP contribution is 2.32. The Kier molecular flexibility index (Phi) is 7.79. The van der Waals surface area contributed by atoms with Crippen molar-refractivity contribution in [3.8, 4) is 0 Å². The third-order valence-electron chi connectivity index (χ3n) is 4.18. The number of hydrogen-bond acceptors (Lipinski definition) is 4. The van der Waals surface area contributed by atoms with Gasteiger partial charge in [0.25, 0.3) is 5.91 Å². The van der Waals surface area contributed by atoms with Gasteiger partial charge in [-0.3, -0.25) is 9.69 Å². The highest BCUT2D eigenvalue weighted by molar-refractivity contribution is 9.10. The predicted molar refractivity (Wildman–Crippen MR) is 121 cm³/mol. The van der Waals surface area contributed by atoms with Crippen LogP contribution in [0.4, 0.5) is 5.13 Å². The quantitative estimate of drug-likeness (QED) is 0.487. The van der Waals surface area contributed by atoms with Gasteiger partial charge in [0, 0.05) is 16.6 Å². The third kappa shape index (κ3) is 5.29. The number of thiazole rings is 1. The van der Waals surface area contributed by atoms with Gasteiger partial charge in [-0.15, -0.1) is 12.4 Å². The van der Waals surface area contributed by atoms with Crippen LogP contribution in [0.25, 0.3) is 10.2 Å². The molecule has 0 N–H and O–H groups in total. The molecule has 2 aromatic carbocycles. The van der Waals surface area contributed by atoms with Gasteiger partial charge in [-0.05, 0) is 63.8 Å². The van der Waals surface area contributed by atoms with E-state index in [2.05, 4.69) is 20.8 Å². The van der Waals surface area contributed by atoms with Crippen molar-refractivity contribution in [2.75, 3.05) is 32.1 Å². The van der Waals surface area contributed by atoms with E-state index in [0.717, 1.165) is 43.9 Å². The summed E-state index contributed by atoms with van der Waals surface area (Å²) in [5.41, 5.74) is 2.64. The summed E-state index contributed by atoms with van der Waals surface area (Å²) >= 11 is 5.06. The topological polar surface area (TPSA) is 36.4 Å². The maximum atomic E-state index is 13.3. The molecule has 1 heterocycles. The minimum absolute atomic E-state index is 0. The van der Waals surface area contributed by atoms with Crippen molar-refractivity contribution in [3.63, 3.8) is 0 Å². The number of rotatable bonds is 6. The van der Waals surface area contributed by atoms with Crippen LogP contribution in [0.3, 0.4) is 0 Å². The Morgan fingerprint density at radius 1 is 1.15 bits per heavy atom. The minimum Gasteiger partial charge on any atom is -0.309 e. The molecule has 7 heteroatoms. The van der Waals surface area contributed by atoms with Gasteiger partial charge in [-0.25, -0.2) is 4.98 Å². The molecule has 0 atom stereocenters. The summed E-state index contributed by atoms with van der Waals surface area (Å²) < 4.78 is 2.09. The molecule has 27 heavy (non-hydrogen) atoms. The number of fused-ring (bicyclic) bond motifs is 1. The van der Waals surface area contributed by atoms with E-state index in [1.165, 1.54) is 0 Å². The first-order valence-electron chi connectivity index (χ1n) is 8.54. The SMILES string of the molecule is Cc1ccccc1C(=O)N(CCCN(C)C)c1nc2ccc(Br)cc2s1.Cl. The molecule has 0 saturated heterocycles. The average molecular weight is 469 g/mol. The first kappa shape index (κ1) is 21.8. The number of anilines is 1. The molecule has 0 bridgehead atoms. The highest BCUT2D eigenvalue weighted by atomic mass is 79.9. The summed E-state index contributed by atoms with van der Waals surface area (Å²) in [7, 11) is 4.09. The number of nitrogens with zero attached hydrogens (tertiary/aromatic N) is 3. The number of aryl methyl sites for hydroxylation is 1. The van der Waals surface area contributed by atoms with Crippen molar-refractivity contribution < 1.29 is 4.79 Å². The number of amides is 1. The lowest BCUT2D eigenvalue weighted by atomic mass is 10.1. The summed E-state index contributed by atoms with van der Waals surface area (Å²) in [5, 5.41) is 0.755. The maximum absolute atomic E-state index is 13.3. The van der Waals surface area contributed by atoms with Gasteiger partial charge in [0.2, 0.25) is 0 Å². The number of halogens is 2. The molecule has 3 aromatic rings. The van der Waals surface area contributed by atoms with Crippen LogP contribution in [0.2, 0.25) is 0 Å². The molecule has 0 spiro atoms. The number of carbonyl (C=O) groups is 1. The Balaban J connectivity index is 0.00000261. The fourth-order valence-corrected chi connectivity index (χ4v) is 4.33. The Morgan fingerprint density at radius 2 is 1.89 bits per heavy atom. The van der Waals surface area contributed by atoms with Crippen molar-refractivity contribution in [2.45, 2.75) is 13.3 Å². The fraction of sp³-hybridized carbons (Fsp3) is 0.300. The maximum Gasteiger partial charge on any atom is 0.260 e. The second kappa shape index (κ2) is 9.64. The van der Waals surface area contributed by atoms with Crippen LogP contribution in [-0.4, -0.2) is 43.0 Å². The Bertz CT molecular complexity index is 928. The van der Waals surface area contributed by atoms with Crippen LogP contribution < -0.4 is 4.90 Å². The Morgan fingerprint density at radius 3 is 2.59 bits per heavy atom. The summed E-state index contributed by atoms with van der Waals surface area (Å²) in [6.07, 6.45) is 0.893. The van der Waals surface area contributed by atoms with Crippen molar-refractivity contribution in [1.29, 1.82) is 0 Å². The van der Waals surface area contributed by atoms with Gasteiger partial charge in [0.15, 0.2) is 5.13 Å². The van der Waals surface area contributed by atoms with Crippen LogP contribution in [0.15, 0.2) is 46.9 Å². The molecule has 0 aliphatic heterocycles. The van der Waals surface area contributed by atoms with E-state index in [0.29, 0.717) is 6.54 Å². The lowest BCUT2D eigenvalue weighted by Crippen LogP contribution is -2.33. The zero-order chi connectivity index (χ0) is 18.7. The van der Waals surface area contributed by atoms with Crippen molar-refractivity contribution >= 4 is 60.9 Å². The molecule has 4 nitrogen and oxygen atoms in total. The summed E-state index contributed by atoms with van der Waals surface area (Å²) in [5.74, 6) is 0.0139. The van der Waals surface area contributed by atoms with Crippen LogP contribution in [0, 0.1) is 6.92 Å². The van der Waals surface area contributed by atoms with Crippen LogP contribution >= 0.6 is 39.7 Å². The van der Waals surface area contributed by atoms with Gasteiger partial charge in [0.1, 0.15) is 0 Å². The van der Waals surface area contributed by atoms with Gasteiger partial charge in [-0.1, -0.05) is 45.5 Å². The van der Waals surface area contributed by atoms with Crippen molar-refractivity contribution in [1.82, 2.24) is 9.88 Å². The molecule has 0 radical (unpaired) electrons. The highest BCUT2D eigenvalue weighted by Gasteiger charge is 2.22. The first-order valence-corrected chi connectivity index (χ1v) is 10.1. The summed E-state index contributed by atoms with van der Waals surface area (Å²) in [6.45, 7) is 3.54. The number of carbonyl (C=O) groups excluding carboxylic acids is 1. The predicted octanol–water partition coefficient (Wildman–Crippen LogP) is 5.39. The van der Waals surface area contributed by atoms with Gasteiger partial charge >= 0.3 is 0 Å². The van der Waals surface area contributed by atoms with E-state index in [4.69, 9.17) is 4.98 Å². The Labute approximate surface area is 178 Å². The first-order chi connectivity index (χ1) is 12.5. The number of aromatic nitrogens is 1. The lowest BCUT2D eigenvalue weighted by molar-refractivity contribution is 0.0985. The standard InChI is InChI=1S/C20H22BrN3OS.ClH/c1-14-7-4-5-8-16(14)19(25)24(12-6-11-23(2)3)20-22-17-10-9-15(21)13-18(17)26-20;/h4-5,7-10,13H,6,11-12H2,1-3H3;1H. The Hall–Kier alpha value is -1.47. The van der Waals surface area contributed by atoms with Gasteiger partial charge < -0.3 is 4.90 Å².